The van der Waals surface area contributed by atoms with Crippen LogP contribution >= 0.6 is 0 Å². The van der Waals surface area contributed by atoms with Gasteiger partial charge >= 0.3 is 0 Å². The topological polar surface area (TPSA) is 63.0 Å². The summed E-state index contributed by atoms with van der Waals surface area (Å²) in [6.07, 6.45) is 1.24. The molecule has 0 spiro atoms. The minimum absolute atomic E-state index is 0.163. The molecule has 1 aliphatic heterocycles. The van der Waals surface area contributed by atoms with Gasteiger partial charge in [0.05, 0.1) is 18.0 Å². The Hall–Kier alpha value is -1.72. The van der Waals surface area contributed by atoms with Crippen molar-refractivity contribution in [3.63, 3.8) is 0 Å². The van der Waals surface area contributed by atoms with E-state index in [0.717, 1.165) is 11.3 Å². The van der Waals surface area contributed by atoms with E-state index < -0.39 is 6.10 Å². The van der Waals surface area contributed by atoms with Crippen LogP contribution < -0.4 is 5.32 Å². The first-order valence-electron chi connectivity index (χ1n) is 5.69. The van der Waals surface area contributed by atoms with E-state index in [0.29, 0.717) is 13.1 Å². The highest BCUT2D eigenvalue weighted by Crippen LogP contribution is 2.24. The summed E-state index contributed by atoms with van der Waals surface area (Å²) in [6, 6.07) is 9.75. The highest BCUT2D eigenvalue weighted by atomic mass is 16.3. The molecule has 1 aromatic heterocycles. The molecule has 0 aliphatic carbocycles. The second kappa shape index (κ2) is 4.27. The number of aliphatic hydroxyl groups is 1. The molecule has 5 nitrogen and oxygen atoms in total. The van der Waals surface area contributed by atoms with Crippen molar-refractivity contribution in [2.24, 2.45) is 0 Å². The molecular formula is C12H14N4O. The number of aromatic nitrogens is 3. The highest BCUT2D eigenvalue weighted by Gasteiger charge is 2.28. The Morgan fingerprint density at radius 3 is 2.94 bits per heavy atom. The number of β-amino-alcohol motifs (C(OH)–C–C–N with tert-alkyl or cyclic N) is 1. The maximum Gasteiger partial charge on any atom is 0.106 e. The lowest BCUT2D eigenvalue weighted by atomic mass is 10.0. The predicted molar refractivity (Wildman–Crippen MR) is 62.3 cm³/mol. The van der Waals surface area contributed by atoms with Crippen molar-refractivity contribution in [2.45, 2.75) is 18.7 Å². The van der Waals surface area contributed by atoms with Crippen LogP contribution in [-0.2, 0) is 6.54 Å². The quantitative estimate of drug-likeness (QED) is 0.741. The van der Waals surface area contributed by atoms with Crippen molar-refractivity contribution in [3.05, 3.63) is 47.8 Å². The van der Waals surface area contributed by atoms with Gasteiger partial charge in [0, 0.05) is 13.1 Å². The molecule has 1 aromatic carbocycles. The molecule has 1 aliphatic rings. The molecule has 5 heteroatoms. The minimum atomic E-state index is -0.500. The number of benzene rings is 1. The van der Waals surface area contributed by atoms with Gasteiger partial charge in [-0.15, -0.1) is 5.10 Å². The Bertz CT molecular complexity index is 496. The summed E-state index contributed by atoms with van der Waals surface area (Å²) in [5.74, 6) is 0. The third-order valence-corrected chi connectivity index (χ3v) is 3.08. The molecule has 3 rings (SSSR count). The largest absolute Gasteiger partial charge is 0.389 e. The third kappa shape index (κ3) is 1.83. The van der Waals surface area contributed by atoms with Crippen molar-refractivity contribution >= 4 is 0 Å². The lowest BCUT2D eigenvalue weighted by Crippen LogP contribution is -2.31. The predicted octanol–water partition coefficient (Wildman–Crippen LogP) is 0.332. The average Bonchev–Trinajstić information content (AvgIpc) is 2.74. The Labute approximate surface area is 99.1 Å². The highest BCUT2D eigenvalue weighted by molar-refractivity contribution is 5.22. The van der Waals surface area contributed by atoms with Crippen LogP contribution in [-0.4, -0.2) is 32.7 Å². The van der Waals surface area contributed by atoms with Gasteiger partial charge in [-0.05, 0) is 5.56 Å². The Morgan fingerprint density at radius 2 is 2.12 bits per heavy atom. The van der Waals surface area contributed by atoms with Gasteiger partial charge in [0.15, 0.2) is 0 Å². The Balaban J connectivity index is 2.08. The number of hydrogen-bond acceptors (Lipinski definition) is 4. The monoisotopic (exact) mass is 230 g/mol. The molecule has 0 unspecified atom stereocenters. The molecule has 0 radical (unpaired) electrons. The second-order valence-electron chi connectivity index (χ2n) is 4.22. The van der Waals surface area contributed by atoms with Crippen LogP contribution in [0.4, 0.5) is 0 Å². The number of aliphatic hydroxyl groups excluding tert-OH is 1. The molecule has 2 aromatic rings. The first-order chi connectivity index (χ1) is 8.36. The molecule has 0 saturated heterocycles. The molecule has 0 fully saturated rings. The van der Waals surface area contributed by atoms with Crippen LogP contribution in [0.25, 0.3) is 0 Å². The van der Waals surface area contributed by atoms with E-state index in [1.165, 1.54) is 0 Å². The van der Waals surface area contributed by atoms with Crippen LogP contribution in [0.5, 0.6) is 0 Å². The maximum absolute atomic E-state index is 10.2. The number of nitrogens with one attached hydrogen (secondary N) is 1. The van der Waals surface area contributed by atoms with E-state index in [1.807, 2.05) is 30.3 Å². The average molecular weight is 230 g/mol. The molecule has 2 heterocycles. The van der Waals surface area contributed by atoms with Gasteiger partial charge in [0.2, 0.25) is 0 Å². The summed E-state index contributed by atoms with van der Waals surface area (Å²) >= 11 is 0. The van der Waals surface area contributed by atoms with Gasteiger partial charge in [0.25, 0.3) is 0 Å². The zero-order valence-electron chi connectivity index (χ0n) is 9.32. The van der Waals surface area contributed by atoms with Crippen molar-refractivity contribution in [1.82, 2.24) is 20.3 Å². The first kappa shape index (κ1) is 10.4. The van der Waals surface area contributed by atoms with Gasteiger partial charge in [-0.25, -0.2) is 4.68 Å². The van der Waals surface area contributed by atoms with E-state index in [1.54, 1.807) is 10.9 Å². The molecule has 2 atom stereocenters. The molecule has 2 N–H and O–H groups in total. The van der Waals surface area contributed by atoms with E-state index >= 15 is 0 Å². The fraction of sp³-hybridized carbons (Fsp3) is 0.333. The van der Waals surface area contributed by atoms with Gasteiger partial charge in [-0.2, -0.15) is 0 Å². The third-order valence-electron chi connectivity index (χ3n) is 3.08. The van der Waals surface area contributed by atoms with Crippen LogP contribution in [0.1, 0.15) is 17.3 Å². The van der Waals surface area contributed by atoms with Crippen molar-refractivity contribution in [3.8, 4) is 0 Å². The zero-order valence-corrected chi connectivity index (χ0v) is 9.32. The number of nitrogens with zero attached hydrogens (tertiary/aromatic N) is 3. The summed E-state index contributed by atoms with van der Waals surface area (Å²) in [6.45, 7) is 1.25. The molecule has 0 bridgehead atoms. The van der Waals surface area contributed by atoms with Crippen molar-refractivity contribution < 1.29 is 5.11 Å². The molecule has 17 heavy (non-hydrogen) atoms. The summed E-state index contributed by atoms with van der Waals surface area (Å²) in [5.41, 5.74) is 2.05. The smallest absolute Gasteiger partial charge is 0.106 e. The van der Waals surface area contributed by atoms with Gasteiger partial charge in [-0.3, -0.25) is 0 Å². The summed E-state index contributed by atoms with van der Waals surface area (Å²) in [5, 5.41) is 21.4. The SMILES string of the molecule is O[C@H]1CNCc2cnnn2[C@@H]1c1ccccc1. The van der Waals surface area contributed by atoms with Crippen LogP contribution in [0.3, 0.4) is 0 Å². The van der Waals surface area contributed by atoms with Gasteiger partial charge in [0.1, 0.15) is 6.04 Å². The summed E-state index contributed by atoms with van der Waals surface area (Å²) < 4.78 is 1.81. The number of rotatable bonds is 1. The van der Waals surface area contributed by atoms with E-state index in [2.05, 4.69) is 15.6 Å². The van der Waals surface area contributed by atoms with E-state index in [-0.39, 0.29) is 6.04 Å². The first-order valence-corrected chi connectivity index (χ1v) is 5.69. The standard InChI is InChI=1S/C12H14N4O/c17-11-8-13-6-10-7-14-15-16(10)12(11)9-4-2-1-3-5-9/h1-5,7,11-13,17H,6,8H2/t11-,12+/m0/s1. The maximum atomic E-state index is 10.2. The van der Waals surface area contributed by atoms with E-state index in [9.17, 15) is 5.11 Å². The Morgan fingerprint density at radius 1 is 1.29 bits per heavy atom. The summed E-state index contributed by atoms with van der Waals surface area (Å²) in [7, 11) is 0. The summed E-state index contributed by atoms with van der Waals surface area (Å²) in [4.78, 5) is 0. The fourth-order valence-electron chi connectivity index (χ4n) is 2.26. The molecule has 88 valence electrons. The van der Waals surface area contributed by atoms with E-state index in [4.69, 9.17) is 0 Å². The van der Waals surface area contributed by atoms with Crippen LogP contribution in [0.2, 0.25) is 0 Å². The zero-order chi connectivity index (χ0) is 11.7. The second-order valence-corrected chi connectivity index (χ2v) is 4.22. The van der Waals surface area contributed by atoms with Crippen LogP contribution in [0.15, 0.2) is 36.5 Å². The fourth-order valence-corrected chi connectivity index (χ4v) is 2.26. The van der Waals surface area contributed by atoms with Gasteiger partial charge in [-0.1, -0.05) is 35.5 Å². The lowest BCUT2D eigenvalue weighted by Gasteiger charge is -2.21. The van der Waals surface area contributed by atoms with Gasteiger partial charge < -0.3 is 10.4 Å². The normalized spacial score (nSPS) is 24.1. The van der Waals surface area contributed by atoms with Crippen LogP contribution in [0, 0.1) is 0 Å². The Kier molecular flexibility index (Phi) is 2.62. The molecule has 0 saturated carbocycles. The lowest BCUT2D eigenvalue weighted by molar-refractivity contribution is 0.128. The molecular weight excluding hydrogens is 216 g/mol. The number of fused-ring (bicyclic) bond motifs is 1. The number of hydrogen-bond donors (Lipinski definition) is 2. The molecule has 0 amide bonds. The van der Waals surface area contributed by atoms with Crippen molar-refractivity contribution in [2.75, 3.05) is 6.54 Å². The minimum Gasteiger partial charge on any atom is -0.389 e. The van der Waals surface area contributed by atoms with Crippen molar-refractivity contribution in [1.29, 1.82) is 0 Å².